The molecule has 1 atom stereocenters. The second-order valence-corrected chi connectivity index (χ2v) is 5.55. The van der Waals surface area contributed by atoms with Crippen LogP contribution in [-0.2, 0) is 6.42 Å². The van der Waals surface area contributed by atoms with Gasteiger partial charge in [0.15, 0.2) is 0 Å². The van der Waals surface area contributed by atoms with Gasteiger partial charge in [0, 0.05) is 10.0 Å². The Morgan fingerprint density at radius 3 is 2.47 bits per heavy atom. The van der Waals surface area contributed by atoms with Crippen LogP contribution < -0.4 is 5.73 Å². The average Bonchev–Trinajstić information content (AvgIpc) is 2.42. The minimum atomic E-state index is -0.437. The fourth-order valence-electron chi connectivity index (χ4n) is 2.11. The van der Waals surface area contributed by atoms with E-state index in [1.54, 1.807) is 12.1 Å². The maximum absolute atomic E-state index is 13.8. The van der Waals surface area contributed by atoms with E-state index in [9.17, 15) is 4.39 Å². The van der Waals surface area contributed by atoms with Gasteiger partial charge in [-0.25, -0.2) is 4.39 Å². The lowest BCUT2D eigenvalue weighted by molar-refractivity contribution is 0.599. The van der Waals surface area contributed by atoms with Crippen LogP contribution in [0.15, 0.2) is 46.9 Å². The van der Waals surface area contributed by atoms with Gasteiger partial charge in [0.1, 0.15) is 5.82 Å². The zero-order valence-corrected chi connectivity index (χ0v) is 12.5. The minimum Gasteiger partial charge on any atom is -0.320 e. The quantitative estimate of drug-likeness (QED) is 0.875. The summed E-state index contributed by atoms with van der Waals surface area (Å²) in [5.41, 5.74) is 8.87. The number of hydrogen-bond donors (Lipinski definition) is 1. The van der Waals surface area contributed by atoms with Gasteiger partial charge in [-0.05, 0) is 35.7 Å². The van der Waals surface area contributed by atoms with Crippen LogP contribution in [0.3, 0.4) is 0 Å². The van der Waals surface area contributed by atoms with Crippen LogP contribution in [0.5, 0.6) is 0 Å². The standard InChI is InChI=1S/C16H17BrFN/c1-2-3-11-4-6-12(7-5-11)16(19)14-10-13(17)8-9-15(14)18/h4-10,16H,2-3,19H2,1H3. The Morgan fingerprint density at radius 2 is 1.84 bits per heavy atom. The molecule has 0 amide bonds. The van der Waals surface area contributed by atoms with E-state index in [0.29, 0.717) is 5.56 Å². The zero-order chi connectivity index (χ0) is 13.8. The first-order chi connectivity index (χ1) is 9.11. The second kappa shape index (κ2) is 6.31. The SMILES string of the molecule is CCCc1ccc(C(N)c2cc(Br)ccc2F)cc1. The first kappa shape index (κ1) is 14.2. The van der Waals surface area contributed by atoms with Crippen LogP contribution in [0.1, 0.15) is 36.1 Å². The normalized spacial score (nSPS) is 12.4. The maximum atomic E-state index is 13.8. The molecule has 0 aromatic heterocycles. The van der Waals surface area contributed by atoms with E-state index >= 15 is 0 Å². The van der Waals surface area contributed by atoms with Gasteiger partial charge in [0.05, 0.1) is 6.04 Å². The Kier molecular flexibility index (Phi) is 4.72. The van der Waals surface area contributed by atoms with Crippen molar-refractivity contribution in [1.29, 1.82) is 0 Å². The highest BCUT2D eigenvalue weighted by Gasteiger charge is 2.13. The number of hydrogen-bond acceptors (Lipinski definition) is 1. The molecule has 0 saturated heterocycles. The van der Waals surface area contributed by atoms with Crippen LogP contribution in [0.25, 0.3) is 0 Å². The molecule has 0 spiro atoms. The molecule has 100 valence electrons. The molecule has 0 fully saturated rings. The first-order valence-electron chi connectivity index (χ1n) is 6.41. The van der Waals surface area contributed by atoms with E-state index in [1.807, 2.05) is 12.1 Å². The average molecular weight is 322 g/mol. The van der Waals surface area contributed by atoms with Crippen LogP contribution in [0, 0.1) is 5.82 Å². The second-order valence-electron chi connectivity index (χ2n) is 4.64. The van der Waals surface area contributed by atoms with Crippen molar-refractivity contribution in [2.75, 3.05) is 0 Å². The van der Waals surface area contributed by atoms with E-state index < -0.39 is 6.04 Å². The van der Waals surface area contributed by atoms with Gasteiger partial charge in [-0.1, -0.05) is 53.5 Å². The molecule has 0 aliphatic rings. The Balaban J connectivity index is 2.27. The van der Waals surface area contributed by atoms with Crippen molar-refractivity contribution < 1.29 is 4.39 Å². The van der Waals surface area contributed by atoms with Crippen molar-refractivity contribution in [2.24, 2.45) is 5.73 Å². The Morgan fingerprint density at radius 1 is 1.16 bits per heavy atom. The highest BCUT2D eigenvalue weighted by atomic mass is 79.9. The predicted molar refractivity (Wildman–Crippen MR) is 80.6 cm³/mol. The van der Waals surface area contributed by atoms with E-state index in [-0.39, 0.29) is 5.82 Å². The van der Waals surface area contributed by atoms with Crippen LogP contribution in [0.2, 0.25) is 0 Å². The molecule has 1 unspecified atom stereocenters. The smallest absolute Gasteiger partial charge is 0.128 e. The number of benzene rings is 2. The van der Waals surface area contributed by atoms with E-state index in [1.165, 1.54) is 11.6 Å². The number of aryl methyl sites for hydroxylation is 1. The summed E-state index contributed by atoms with van der Waals surface area (Å²) in [7, 11) is 0. The minimum absolute atomic E-state index is 0.270. The van der Waals surface area contributed by atoms with Crippen LogP contribution >= 0.6 is 15.9 Å². The molecule has 0 aliphatic heterocycles. The molecule has 2 N–H and O–H groups in total. The summed E-state index contributed by atoms with van der Waals surface area (Å²) < 4.78 is 14.6. The van der Waals surface area contributed by atoms with Crippen molar-refractivity contribution in [3.8, 4) is 0 Å². The van der Waals surface area contributed by atoms with Crippen LogP contribution in [0.4, 0.5) is 4.39 Å². The molecule has 2 rings (SSSR count). The maximum Gasteiger partial charge on any atom is 0.128 e. The van der Waals surface area contributed by atoms with Crippen molar-refractivity contribution >= 4 is 15.9 Å². The third-order valence-electron chi connectivity index (χ3n) is 3.17. The third kappa shape index (κ3) is 3.43. The summed E-state index contributed by atoms with van der Waals surface area (Å²) in [4.78, 5) is 0. The van der Waals surface area contributed by atoms with Gasteiger partial charge in [-0.2, -0.15) is 0 Å². The molecule has 0 heterocycles. The van der Waals surface area contributed by atoms with E-state index in [0.717, 1.165) is 22.9 Å². The third-order valence-corrected chi connectivity index (χ3v) is 3.66. The predicted octanol–water partition coefficient (Wildman–Crippen LogP) is 4.59. The van der Waals surface area contributed by atoms with Crippen molar-refractivity contribution in [2.45, 2.75) is 25.8 Å². The highest BCUT2D eigenvalue weighted by Crippen LogP contribution is 2.25. The number of halogens is 2. The van der Waals surface area contributed by atoms with Gasteiger partial charge in [-0.3, -0.25) is 0 Å². The lowest BCUT2D eigenvalue weighted by Crippen LogP contribution is -2.13. The molecule has 2 aromatic carbocycles. The number of rotatable bonds is 4. The Bertz CT molecular complexity index is 551. The molecule has 0 bridgehead atoms. The highest BCUT2D eigenvalue weighted by molar-refractivity contribution is 9.10. The zero-order valence-electron chi connectivity index (χ0n) is 10.9. The molecule has 2 aromatic rings. The molecular formula is C16H17BrFN. The molecule has 0 saturated carbocycles. The molecule has 3 heteroatoms. The van der Waals surface area contributed by atoms with Gasteiger partial charge >= 0.3 is 0 Å². The van der Waals surface area contributed by atoms with Gasteiger partial charge in [-0.15, -0.1) is 0 Å². The summed E-state index contributed by atoms with van der Waals surface area (Å²) in [6, 6.07) is 12.5. The largest absolute Gasteiger partial charge is 0.320 e. The van der Waals surface area contributed by atoms with Gasteiger partial charge < -0.3 is 5.73 Å². The van der Waals surface area contributed by atoms with Crippen molar-refractivity contribution in [3.63, 3.8) is 0 Å². The summed E-state index contributed by atoms with van der Waals surface area (Å²) in [5.74, 6) is -0.270. The Labute approximate surface area is 121 Å². The van der Waals surface area contributed by atoms with E-state index in [2.05, 4.69) is 35.0 Å². The van der Waals surface area contributed by atoms with Gasteiger partial charge in [0.25, 0.3) is 0 Å². The van der Waals surface area contributed by atoms with E-state index in [4.69, 9.17) is 5.73 Å². The lowest BCUT2D eigenvalue weighted by atomic mass is 9.97. The van der Waals surface area contributed by atoms with Crippen molar-refractivity contribution in [1.82, 2.24) is 0 Å². The molecule has 1 nitrogen and oxygen atoms in total. The molecular weight excluding hydrogens is 305 g/mol. The first-order valence-corrected chi connectivity index (χ1v) is 7.20. The summed E-state index contributed by atoms with van der Waals surface area (Å²) in [5, 5.41) is 0. The van der Waals surface area contributed by atoms with Gasteiger partial charge in [0.2, 0.25) is 0 Å². The van der Waals surface area contributed by atoms with Crippen molar-refractivity contribution in [3.05, 3.63) is 69.4 Å². The monoisotopic (exact) mass is 321 g/mol. The molecule has 19 heavy (non-hydrogen) atoms. The molecule has 0 radical (unpaired) electrons. The van der Waals surface area contributed by atoms with Crippen LogP contribution in [-0.4, -0.2) is 0 Å². The fourth-order valence-corrected chi connectivity index (χ4v) is 2.49. The summed E-state index contributed by atoms with van der Waals surface area (Å²) in [6.07, 6.45) is 2.17. The topological polar surface area (TPSA) is 26.0 Å². The summed E-state index contributed by atoms with van der Waals surface area (Å²) in [6.45, 7) is 2.15. The fraction of sp³-hybridized carbons (Fsp3) is 0.250. The number of nitrogens with two attached hydrogens (primary N) is 1. The summed E-state index contributed by atoms with van der Waals surface area (Å²) >= 11 is 3.35. The molecule has 0 aliphatic carbocycles. The lowest BCUT2D eigenvalue weighted by Gasteiger charge is -2.14. The Hall–Kier alpha value is -1.19.